The molecule has 0 unspecified atom stereocenters. The molecule has 0 radical (unpaired) electrons. The first-order valence-corrected chi connectivity index (χ1v) is 9.23. The molecule has 2 aliphatic heterocycles. The number of carbonyl (C=O) groups is 1. The maximum atomic E-state index is 12.7. The minimum Gasteiger partial charge on any atom is -0.341 e. The molecular formula is C17H23ClN6O. The molecule has 25 heavy (non-hydrogen) atoms. The third-order valence-electron chi connectivity index (χ3n) is 5.31. The number of pyridine rings is 1. The molecular weight excluding hydrogens is 340 g/mol. The number of nitrogens with zero attached hydrogens (tertiary/aromatic N) is 6. The molecule has 0 N–H and O–H groups in total. The molecule has 134 valence electrons. The average molecular weight is 363 g/mol. The molecule has 2 aliphatic rings. The van der Waals surface area contributed by atoms with Crippen LogP contribution in [0.25, 0.3) is 5.65 Å². The van der Waals surface area contributed by atoms with Crippen molar-refractivity contribution in [2.24, 2.45) is 5.92 Å². The summed E-state index contributed by atoms with van der Waals surface area (Å²) < 4.78 is 1.92. The van der Waals surface area contributed by atoms with Gasteiger partial charge in [0.05, 0.1) is 5.02 Å². The Hall–Kier alpha value is -1.86. The van der Waals surface area contributed by atoms with Gasteiger partial charge in [0.25, 0.3) is 0 Å². The predicted molar refractivity (Wildman–Crippen MR) is 97.0 cm³/mol. The van der Waals surface area contributed by atoms with Gasteiger partial charge in [0.15, 0.2) is 5.65 Å². The summed E-state index contributed by atoms with van der Waals surface area (Å²) in [5.74, 6) is 1.26. The average Bonchev–Trinajstić information content (AvgIpc) is 3.07. The van der Waals surface area contributed by atoms with Crippen LogP contribution < -0.4 is 4.90 Å². The molecule has 0 bridgehead atoms. The number of fused-ring (bicyclic) bond motifs is 1. The van der Waals surface area contributed by atoms with Crippen LogP contribution in [0, 0.1) is 5.92 Å². The molecule has 7 nitrogen and oxygen atoms in total. The van der Waals surface area contributed by atoms with Gasteiger partial charge in [-0.2, -0.15) is 0 Å². The number of rotatable bonds is 2. The lowest BCUT2D eigenvalue weighted by Gasteiger charge is -2.37. The maximum Gasteiger partial charge on any atom is 0.231 e. The number of carbonyl (C=O) groups excluding carboxylic acids is 1. The Morgan fingerprint density at radius 2 is 1.84 bits per heavy atom. The number of hydrogen-bond acceptors (Lipinski definition) is 5. The lowest BCUT2D eigenvalue weighted by molar-refractivity contribution is -0.137. The largest absolute Gasteiger partial charge is 0.341 e. The second-order valence-corrected chi connectivity index (χ2v) is 7.35. The molecule has 1 amide bonds. The molecule has 4 rings (SSSR count). The second kappa shape index (κ2) is 6.80. The zero-order chi connectivity index (χ0) is 17.4. The van der Waals surface area contributed by atoms with Gasteiger partial charge < -0.3 is 14.7 Å². The summed E-state index contributed by atoms with van der Waals surface area (Å²) in [6, 6.07) is 3.71. The lowest BCUT2D eigenvalue weighted by Crippen LogP contribution is -2.50. The minimum absolute atomic E-state index is 0.127. The van der Waals surface area contributed by atoms with E-state index in [2.05, 4.69) is 27.0 Å². The number of piperazine rings is 1. The Morgan fingerprint density at radius 3 is 2.56 bits per heavy atom. The Labute approximate surface area is 152 Å². The summed E-state index contributed by atoms with van der Waals surface area (Å²) in [7, 11) is 2.11. The summed E-state index contributed by atoms with van der Waals surface area (Å²) in [6.07, 6.45) is 3.65. The van der Waals surface area contributed by atoms with Crippen molar-refractivity contribution in [1.82, 2.24) is 24.4 Å². The van der Waals surface area contributed by atoms with Crippen molar-refractivity contribution in [3.05, 3.63) is 23.4 Å². The molecule has 2 aromatic heterocycles. The van der Waals surface area contributed by atoms with Crippen LogP contribution in [0.15, 0.2) is 18.3 Å². The minimum atomic E-state index is 0.127. The molecule has 2 fully saturated rings. The zero-order valence-corrected chi connectivity index (χ0v) is 15.2. The Balaban J connectivity index is 1.41. The van der Waals surface area contributed by atoms with Crippen LogP contribution in [0.4, 0.5) is 5.95 Å². The van der Waals surface area contributed by atoms with E-state index in [9.17, 15) is 4.79 Å². The maximum absolute atomic E-state index is 12.7. The van der Waals surface area contributed by atoms with E-state index in [4.69, 9.17) is 11.6 Å². The van der Waals surface area contributed by atoms with Gasteiger partial charge in [-0.3, -0.25) is 9.20 Å². The van der Waals surface area contributed by atoms with Gasteiger partial charge in [0, 0.05) is 51.4 Å². The number of piperidine rings is 1. The zero-order valence-electron chi connectivity index (χ0n) is 14.4. The summed E-state index contributed by atoms with van der Waals surface area (Å²) in [4.78, 5) is 19.3. The number of aromatic nitrogens is 3. The highest BCUT2D eigenvalue weighted by Gasteiger charge is 2.31. The number of anilines is 1. The SMILES string of the molecule is CN1CCN(C(=O)C2CCN(c3nnc4c(Cl)cccn34)CC2)CC1. The summed E-state index contributed by atoms with van der Waals surface area (Å²) in [5.41, 5.74) is 0.676. The van der Waals surface area contributed by atoms with Gasteiger partial charge >= 0.3 is 0 Å². The van der Waals surface area contributed by atoms with Crippen molar-refractivity contribution in [3.8, 4) is 0 Å². The van der Waals surface area contributed by atoms with Crippen molar-refractivity contribution in [2.45, 2.75) is 12.8 Å². The predicted octanol–water partition coefficient (Wildman–Crippen LogP) is 1.37. The van der Waals surface area contributed by atoms with Crippen molar-refractivity contribution >= 4 is 29.1 Å². The van der Waals surface area contributed by atoms with Crippen LogP contribution in [0.5, 0.6) is 0 Å². The molecule has 2 saturated heterocycles. The van der Waals surface area contributed by atoms with Gasteiger partial charge in [0.2, 0.25) is 11.9 Å². The van der Waals surface area contributed by atoms with Crippen LogP contribution in [-0.2, 0) is 4.79 Å². The second-order valence-electron chi connectivity index (χ2n) is 6.94. The third kappa shape index (κ3) is 3.18. The molecule has 4 heterocycles. The van der Waals surface area contributed by atoms with Crippen molar-refractivity contribution < 1.29 is 4.79 Å². The highest BCUT2D eigenvalue weighted by Crippen LogP contribution is 2.26. The molecule has 2 aromatic rings. The first-order valence-electron chi connectivity index (χ1n) is 8.85. The Morgan fingerprint density at radius 1 is 1.12 bits per heavy atom. The lowest BCUT2D eigenvalue weighted by atomic mass is 9.95. The van der Waals surface area contributed by atoms with E-state index in [1.54, 1.807) is 0 Å². The number of likely N-dealkylation sites (N-methyl/N-ethyl adjacent to an activating group) is 1. The molecule has 8 heteroatoms. The summed E-state index contributed by atoms with van der Waals surface area (Å²) in [5, 5.41) is 9.09. The van der Waals surface area contributed by atoms with Crippen LogP contribution >= 0.6 is 11.6 Å². The van der Waals surface area contributed by atoms with Gasteiger partial charge in [-0.15, -0.1) is 10.2 Å². The van der Waals surface area contributed by atoms with Gasteiger partial charge in [-0.05, 0) is 32.0 Å². The standard InChI is InChI=1S/C17H23ClN6O/c1-21-9-11-22(12-10-21)16(25)13-4-7-23(8-5-13)17-20-19-15-14(18)3-2-6-24(15)17/h2-3,6,13H,4-5,7-12H2,1H3. The number of amides is 1. The highest BCUT2D eigenvalue weighted by atomic mass is 35.5. The van der Waals surface area contributed by atoms with E-state index in [-0.39, 0.29) is 5.92 Å². The fourth-order valence-electron chi connectivity index (χ4n) is 3.70. The fourth-order valence-corrected chi connectivity index (χ4v) is 3.90. The monoisotopic (exact) mass is 362 g/mol. The van der Waals surface area contributed by atoms with Crippen molar-refractivity contribution in [3.63, 3.8) is 0 Å². The molecule has 0 aromatic carbocycles. The molecule has 0 spiro atoms. The normalized spacial score (nSPS) is 20.4. The van der Waals surface area contributed by atoms with Crippen molar-refractivity contribution in [1.29, 1.82) is 0 Å². The van der Waals surface area contributed by atoms with E-state index in [0.717, 1.165) is 58.1 Å². The quantitative estimate of drug-likeness (QED) is 0.807. The fraction of sp³-hybridized carbons (Fsp3) is 0.588. The topological polar surface area (TPSA) is 57.0 Å². The number of halogens is 1. The molecule has 0 atom stereocenters. The van der Waals surface area contributed by atoms with Crippen LogP contribution in [0.1, 0.15) is 12.8 Å². The van der Waals surface area contributed by atoms with Crippen LogP contribution in [0.3, 0.4) is 0 Å². The van der Waals surface area contributed by atoms with Crippen LogP contribution in [0.2, 0.25) is 5.02 Å². The van der Waals surface area contributed by atoms with Gasteiger partial charge in [0.1, 0.15) is 0 Å². The molecule has 0 aliphatic carbocycles. The molecule has 0 saturated carbocycles. The first-order chi connectivity index (χ1) is 12.1. The van der Waals surface area contributed by atoms with Crippen molar-refractivity contribution in [2.75, 3.05) is 51.2 Å². The van der Waals surface area contributed by atoms with E-state index < -0.39 is 0 Å². The summed E-state index contributed by atoms with van der Waals surface area (Å²) in [6.45, 7) is 5.27. The van der Waals surface area contributed by atoms with Gasteiger partial charge in [-0.1, -0.05) is 11.6 Å². The summed E-state index contributed by atoms with van der Waals surface area (Å²) >= 11 is 6.17. The van der Waals surface area contributed by atoms with E-state index in [0.29, 0.717) is 16.6 Å². The third-order valence-corrected chi connectivity index (χ3v) is 5.61. The highest BCUT2D eigenvalue weighted by molar-refractivity contribution is 6.33. The Bertz CT molecular complexity index is 762. The van der Waals surface area contributed by atoms with Gasteiger partial charge in [-0.25, -0.2) is 0 Å². The van der Waals surface area contributed by atoms with Crippen LogP contribution in [-0.4, -0.2) is 76.6 Å². The number of hydrogen-bond donors (Lipinski definition) is 0. The Kier molecular flexibility index (Phi) is 4.52. The van der Waals surface area contributed by atoms with E-state index in [1.807, 2.05) is 27.6 Å². The first kappa shape index (κ1) is 16.6. The van der Waals surface area contributed by atoms with E-state index >= 15 is 0 Å². The smallest absolute Gasteiger partial charge is 0.231 e. The van der Waals surface area contributed by atoms with E-state index in [1.165, 1.54) is 0 Å².